The fourth-order valence-electron chi connectivity index (χ4n) is 4.08. The van der Waals surface area contributed by atoms with Crippen molar-refractivity contribution in [2.45, 2.75) is 65.0 Å². The molecular formula is C25H28N2O5S. The molecule has 4 rings (SSSR count). The largest absolute Gasteiger partial charge is 0.462 e. The highest BCUT2D eigenvalue weighted by molar-refractivity contribution is 7.20. The SMILES string of the molecule is CCCOC(=O)c1ccc(Cn2cnc3sc(C(=O)OC4CCCCC4)c(C)c3c2=O)cc1. The average Bonchev–Trinajstić information content (AvgIpc) is 3.17. The zero-order chi connectivity index (χ0) is 23.4. The number of rotatable bonds is 7. The van der Waals surface area contributed by atoms with Crippen molar-refractivity contribution in [2.24, 2.45) is 0 Å². The molecular weight excluding hydrogens is 440 g/mol. The molecule has 0 N–H and O–H groups in total. The molecule has 7 nitrogen and oxygen atoms in total. The highest BCUT2D eigenvalue weighted by Gasteiger charge is 2.24. The number of nitrogens with zero attached hydrogens (tertiary/aromatic N) is 2. The van der Waals surface area contributed by atoms with Crippen LogP contribution in [0.2, 0.25) is 0 Å². The van der Waals surface area contributed by atoms with Gasteiger partial charge >= 0.3 is 11.9 Å². The lowest BCUT2D eigenvalue weighted by Gasteiger charge is -2.21. The van der Waals surface area contributed by atoms with Gasteiger partial charge in [0, 0.05) is 0 Å². The van der Waals surface area contributed by atoms with Gasteiger partial charge in [0.25, 0.3) is 5.56 Å². The van der Waals surface area contributed by atoms with Gasteiger partial charge in [-0.25, -0.2) is 14.6 Å². The summed E-state index contributed by atoms with van der Waals surface area (Å²) in [6, 6.07) is 6.98. The molecule has 0 unspecified atom stereocenters. The Morgan fingerprint density at radius 3 is 2.55 bits per heavy atom. The van der Waals surface area contributed by atoms with Crippen LogP contribution in [0, 0.1) is 6.92 Å². The predicted octanol–water partition coefficient (Wildman–Crippen LogP) is 4.87. The molecule has 0 atom stereocenters. The van der Waals surface area contributed by atoms with E-state index in [9.17, 15) is 14.4 Å². The van der Waals surface area contributed by atoms with E-state index in [2.05, 4.69) is 4.98 Å². The molecule has 8 heteroatoms. The lowest BCUT2D eigenvalue weighted by molar-refractivity contribution is 0.0216. The maximum absolute atomic E-state index is 13.2. The molecule has 1 aliphatic rings. The fourth-order valence-corrected chi connectivity index (χ4v) is 5.10. The molecule has 0 radical (unpaired) electrons. The van der Waals surface area contributed by atoms with Crippen LogP contribution >= 0.6 is 11.3 Å². The summed E-state index contributed by atoms with van der Waals surface area (Å²) in [5.41, 5.74) is 1.76. The Bertz CT molecular complexity index is 1210. The molecule has 1 saturated carbocycles. The standard InChI is InChI=1S/C25H28N2O5S/c1-3-13-31-24(29)18-11-9-17(10-12-18)14-27-15-26-22-20(23(27)28)16(2)21(33-22)25(30)32-19-7-5-4-6-8-19/h9-12,15,19H,3-8,13-14H2,1-2H3. The fraction of sp³-hybridized carbons (Fsp3) is 0.440. The summed E-state index contributed by atoms with van der Waals surface area (Å²) in [6.07, 6.45) is 7.37. The Morgan fingerprint density at radius 2 is 1.85 bits per heavy atom. The maximum atomic E-state index is 13.2. The third-order valence-corrected chi connectivity index (χ3v) is 7.09. The molecule has 33 heavy (non-hydrogen) atoms. The van der Waals surface area contributed by atoms with Gasteiger partial charge in [-0.05, 0) is 62.3 Å². The second kappa shape index (κ2) is 10.3. The zero-order valence-corrected chi connectivity index (χ0v) is 19.8. The van der Waals surface area contributed by atoms with Gasteiger partial charge in [-0.1, -0.05) is 25.5 Å². The Morgan fingerprint density at radius 1 is 1.12 bits per heavy atom. The molecule has 3 aromatic rings. The van der Waals surface area contributed by atoms with E-state index in [1.165, 1.54) is 28.7 Å². The van der Waals surface area contributed by atoms with Gasteiger partial charge in [-0.15, -0.1) is 11.3 Å². The zero-order valence-electron chi connectivity index (χ0n) is 19.0. The van der Waals surface area contributed by atoms with E-state index in [-0.39, 0.29) is 23.6 Å². The van der Waals surface area contributed by atoms with Crippen LogP contribution < -0.4 is 5.56 Å². The molecule has 2 heterocycles. The number of hydrogen-bond acceptors (Lipinski definition) is 7. The van der Waals surface area contributed by atoms with Crippen LogP contribution in [-0.2, 0) is 16.0 Å². The van der Waals surface area contributed by atoms with E-state index in [1.54, 1.807) is 31.2 Å². The molecule has 1 aromatic carbocycles. The van der Waals surface area contributed by atoms with E-state index >= 15 is 0 Å². The third kappa shape index (κ3) is 5.16. The van der Waals surface area contributed by atoms with Gasteiger partial charge in [-0.3, -0.25) is 9.36 Å². The lowest BCUT2D eigenvalue weighted by Crippen LogP contribution is -2.22. The quantitative estimate of drug-likeness (QED) is 0.460. The van der Waals surface area contributed by atoms with E-state index < -0.39 is 0 Å². The summed E-state index contributed by atoms with van der Waals surface area (Å²) in [4.78, 5) is 43.3. The molecule has 0 aliphatic heterocycles. The van der Waals surface area contributed by atoms with Gasteiger partial charge in [0.2, 0.25) is 0 Å². The molecule has 1 aliphatic carbocycles. The van der Waals surface area contributed by atoms with Crippen molar-refractivity contribution in [3.63, 3.8) is 0 Å². The summed E-state index contributed by atoms with van der Waals surface area (Å²) < 4.78 is 12.4. The number of ether oxygens (including phenoxy) is 2. The van der Waals surface area contributed by atoms with Crippen molar-refractivity contribution in [3.8, 4) is 0 Å². The van der Waals surface area contributed by atoms with E-state index in [0.29, 0.717) is 39.4 Å². The van der Waals surface area contributed by atoms with Crippen molar-refractivity contribution < 1.29 is 19.1 Å². The van der Waals surface area contributed by atoms with Crippen LogP contribution in [0.3, 0.4) is 0 Å². The molecule has 0 bridgehead atoms. The Hall–Kier alpha value is -3.00. The van der Waals surface area contributed by atoms with Gasteiger partial charge in [-0.2, -0.15) is 0 Å². The first kappa shape index (κ1) is 23.2. The van der Waals surface area contributed by atoms with Crippen molar-refractivity contribution in [1.82, 2.24) is 9.55 Å². The van der Waals surface area contributed by atoms with Crippen LogP contribution in [-0.4, -0.2) is 34.2 Å². The topological polar surface area (TPSA) is 87.5 Å². The number of aromatic nitrogens is 2. The number of benzene rings is 1. The van der Waals surface area contributed by atoms with Crippen LogP contribution in [0.25, 0.3) is 10.2 Å². The highest BCUT2D eigenvalue weighted by atomic mass is 32.1. The van der Waals surface area contributed by atoms with Gasteiger partial charge < -0.3 is 9.47 Å². The van der Waals surface area contributed by atoms with Crippen LogP contribution in [0.15, 0.2) is 35.4 Å². The number of thiophene rings is 1. The number of carbonyl (C=O) groups excluding carboxylic acids is 2. The van der Waals surface area contributed by atoms with Gasteiger partial charge in [0.1, 0.15) is 15.8 Å². The van der Waals surface area contributed by atoms with Gasteiger partial charge in [0.05, 0.1) is 30.4 Å². The number of fused-ring (bicyclic) bond motifs is 1. The first-order chi connectivity index (χ1) is 16.0. The summed E-state index contributed by atoms with van der Waals surface area (Å²) in [5.74, 6) is -0.718. The van der Waals surface area contributed by atoms with Crippen LogP contribution in [0.5, 0.6) is 0 Å². The molecule has 0 amide bonds. The normalized spacial score (nSPS) is 14.4. The molecule has 174 valence electrons. The number of aryl methyl sites for hydroxylation is 1. The Kier molecular flexibility index (Phi) is 7.23. The minimum absolute atomic E-state index is 0.0392. The van der Waals surface area contributed by atoms with E-state index in [1.807, 2.05) is 6.92 Å². The van der Waals surface area contributed by atoms with Crippen LogP contribution in [0.4, 0.5) is 0 Å². The van der Waals surface area contributed by atoms with Crippen molar-refractivity contribution in [1.29, 1.82) is 0 Å². The second-order valence-corrected chi connectivity index (χ2v) is 9.41. The summed E-state index contributed by atoms with van der Waals surface area (Å²) in [5, 5.41) is 0.456. The molecule has 1 fully saturated rings. The Labute approximate surface area is 196 Å². The second-order valence-electron chi connectivity index (χ2n) is 8.41. The number of esters is 2. The lowest BCUT2D eigenvalue weighted by atomic mass is 9.98. The van der Waals surface area contributed by atoms with Crippen molar-refractivity contribution in [2.75, 3.05) is 6.61 Å². The first-order valence-electron chi connectivity index (χ1n) is 11.4. The first-order valence-corrected chi connectivity index (χ1v) is 12.2. The third-order valence-electron chi connectivity index (χ3n) is 5.91. The van der Waals surface area contributed by atoms with E-state index in [4.69, 9.17) is 9.47 Å². The van der Waals surface area contributed by atoms with Gasteiger partial charge in [0.15, 0.2) is 0 Å². The highest BCUT2D eigenvalue weighted by Crippen LogP contribution is 2.29. The van der Waals surface area contributed by atoms with Crippen molar-refractivity contribution in [3.05, 3.63) is 62.5 Å². The minimum atomic E-state index is -0.362. The predicted molar refractivity (Wildman–Crippen MR) is 127 cm³/mol. The van der Waals surface area contributed by atoms with Crippen LogP contribution in [0.1, 0.15) is 76.6 Å². The number of carbonyl (C=O) groups is 2. The molecule has 0 spiro atoms. The summed E-state index contributed by atoms with van der Waals surface area (Å²) in [6.45, 7) is 4.41. The average molecular weight is 469 g/mol. The molecule has 2 aromatic heterocycles. The van der Waals surface area contributed by atoms with Crippen molar-refractivity contribution >= 4 is 33.5 Å². The monoisotopic (exact) mass is 468 g/mol. The molecule has 0 saturated heterocycles. The Balaban J connectivity index is 1.53. The smallest absolute Gasteiger partial charge is 0.348 e. The number of hydrogen-bond donors (Lipinski definition) is 0. The summed E-state index contributed by atoms with van der Waals surface area (Å²) in [7, 11) is 0. The summed E-state index contributed by atoms with van der Waals surface area (Å²) >= 11 is 1.21. The van der Waals surface area contributed by atoms with E-state index in [0.717, 1.165) is 37.7 Å². The maximum Gasteiger partial charge on any atom is 0.348 e. The minimum Gasteiger partial charge on any atom is -0.462 e.